The summed E-state index contributed by atoms with van der Waals surface area (Å²) < 4.78 is 30.2. The average Bonchev–Trinajstić information content (AvgIpc) is 3.34. The number of nitrogens with zero attached hydrogens (tertiary/aromatic N) is 2. The predicted molar refractivity (Wildman–Crippen MR) is 118 cm³/mol. The number of carbonyl (C=O) groups is 2. The molecule has 10 heteroatoms. The van der Waals surface area contributed by atoms with Crippen LogP contribution in [0.4, 0.5) is 14.6 Å². The van der Waals surface area contributed by atoms with Crippen LogP contribution in [0.2, 0.25) is 0 Å². The van der Waals surface area contributed by atoms with Crippen molar-refractivity contribution in [2.75, 3.05) is 5.32 Å². The van der Waals surface area contributed by atoms with E-state index >= 15 is 0 Å². The molecule has 3 heterocycles. The fourth-order valence-corrected chi connectivity index (χ4v) is 4.86. The summed E-state index contributed by atoms with van der Waals surface area (Å²) in [5, 5.41) is 7.08. The summed E-state index contributed by atoms with van der Waals surface area (Å²) in [4.78, 5) is 29.3. The molecule has 0 aliphatic heterocycles. The molecule has 2 aliphatic carbocycles. The minimum atomic E-state index is -3.01. The van der Waals surface area contributed by atoms with Crippen LogP contribution in [0.15, 0.2) is 36.0 Å². The first-order chi connectivity index (χ1) is 15.3. The number of pyridine rings is 1. The first-order valence-electron chi connectivity index (χ1n) is 10.6. The molecular weight excluding hydrogens is 436 g/mol. The minimum Gasteiger partial charge on any atom is -0.341 e. The highest BCUT2D eigenvalue weighted by Crippen LogP contribution is 2.34. The average molecular weight is 460 g/mol. The van der Waals surface area contributed by atoms with Crippen LogP contribution in [-0.2, 0) is 4.79 Å². The SMILES string of the molecule is N[C@@H]1CCCC(F)(F)[C@@H]1NC(=O)c1cc(-c2ccc3nc(NC(=O)C4CC4)cn3c2)cs1. The van der Waals surface area contributed by atoms with E-state index < -0.39 is 23.9 Å². The number of nitrogens with two attached hydrogens (primary N) is 1. The zero-order valence-corrected chi connectivity index (χ0v) is 18.0. The summed E-state index contributed by atoms with van der Waals surface area (Å²) in [5.41, 5.74) is 8.17. The van der Waals surface area contributed by atoms with Crippen molar-refractivity contribution in [2.24, 2.45) is 11.7 Å². The second-order valence-electron chi connectivity index (χ2n) is 8.54. The largest absolute Gasteiger partial charge is 0.341 e. The van der Waals surface area contributed by atoms with Crippen molar-refractivity contribution in [1.82, 2.24) is 14.7 Å². The van der Waals surface area contributed by atoms with E-state index in [4.69, 9.17) is 5.73 Å². The lowest BCUT2D eigenvalue weighted by molar-refractivity contribution is -0.117. The van der Waals surface area contributed by atoms with Gasteiger partial charge in [-0.3, -0.25) is 9.59 Å². The number of aromatic nitrogens is 2. The van der Waals surface area contributed by atoms with E-state index in [0.29, 0.717) is 29.2 Å². The van der Waals surface area contributed by atoms with Crippen LogP contribution < -0.4 is 16.4 Å². The molecule has 0 spiro atoms. The molecule has 4 N–H and O–H groups in total. The van der Waals surface area contributed by atoms with Crippen LogP contribution >= 0.6 is 11.3 Å². The number of hydrogen-bond donors (Lipinski definition) is 3. The summed E-state index contributed by atoms with van der Waals surface area (Å²) in [6.45, 7) is 0. The van der Waals surface area contributed by atoms with Crippen LogP contribution in [-0.4, -0.2) is 39.2 Å². The van der Waals surface area contributed by atoms with Crippen LogP contribution in [0.1, 0.15) is 41.8 Å². The first kappa shape index (κ1) is 21.0. The number of fused-ring (bicyclic) bond motifs is 1. The van der Waals surface area contributed by atoms with Crippen molar-refractivity contribution in [3.8, 4) is 11.1 Å². The van der Waals surface area contributed by atoms with Gasteiger partial charge in [0.1, 0.15) is 11.7 Å². The van der Waals surface area contributed by atoms with Crippen LogP contribution in [0.3, 0.4) is 0 Å². The molecule has 2 aliphatic rings. The lowest BCUT2D eigenvalue weighted by Crippen LogP contribution is -2.59. The van der Waals surface area contributed by atoms with Gasteiger partial charge in [0.15, 0.2) is 5.82 Å². The Hall–Kier alpha value is -2.85. The Bertz CT molecular complexity index is 1190. The molecule has 2 saturated carbocycles. The third kappa shape index (κ3) is 4.12. The van der Waals surface area contributed by atoms with Crippen molar-refractivity contribution in [1.29, 1.82) is 0 Å². The maximum absolute atomic E-state index is 14.2. The van der Waals surface area contributed by atoms with Gasteiger partial charge in [0.05, 0.1) is 11.1 Å². The lowest BCUT2D eigenvalue weighted by Gasteiger charge is -2.36. The number of amides is 2. The lowest BCUT2D eigenvalue weighted by atomic mass is 9.87. The molecule has 0 aromatic carbocycles. The quantitative estimate of drug-likeness (QED) is 0.542. The molecule has 2 amide bonds. The summed E-state index contributed by atoms with van der Waals surface area (Å²) >= 11 is 1.19. The first-order valence-corrected chi connectivity index (χ1v) is 11.5. The molecule has 3 aromatic heterocycles. The number of anilines is 1. The smallest absolute Gasteiger partial charge is 0.269 e. The zero-order chi connectivity index (χ0) is 22.5. The van der Waals surface area contributed by atoms with Gasteiger partial charge in [0.2, 0.25) is 5.91 Å². The van der Waals surface area contributed by atoms with E-state index in [0.717, 1.165) is 24.0 Å². The van der Waals surface area contributed by atoms with E-state index in [2.05, 4.69) is 15.6 Å². The molecule has 168 valence electrons. The molecule has 32 heavy (non-hydrogen) atoms. The third-order valence-electron chi connectivity index (χ3n) is 6.02. The molecular formula is C22H23F2N5O2S. The zero-order valence-electron chi connectivity index (χ0n) is 17.2. The molecule has 0 saturated heterocycles. The third-order valence-corrected chi connectivity index (χ3v) is 6.95. The van der Waals surface area contributed by atoms with Gasteiger partial charge in [-0.05, 0) is 60.4 Å². The molecule has 0 unspecified atom stereocenters. The van der Waals surface area contributed by atoms with Gasteiger partial charge in [-0.15, -0.1) is 11.3 Å². The molecule has 5 rings (SSSR count). The van der Waals surface area contributed by atoms with Crippen LogP contribution in [0, 0.1) is 5.92 Å². The Morgan fingerprint density at radius 1 is 1.19 bits per heavy atom. The fraction of sp³-hybridized carbons (Fsp3) is 0.409. The fourth-order valence-electron chi connectivity index (χ4n) is 4.04. The van der Waals surface area contributed by atoms with E-state index in [1.54, 1.807) is 16.7 Å². The van der Waals surface area contributed by atoms with Gasteiger partial charge in [-0.25, -0.2) is 13.8 Å². The monoisotopic (exact) mass is 459 g/mol. The number of rotatable bonds is 5. The van der Waals surface area contributed by atoms with E-state index in [-0.39, 0.29) is 18.2 Å². The van der Waals surface area contributed by atoms with Crippen molar-refractivity contribution >= 4 is 34.6 Å². The Balaban J connectivity index is 1.32. The van der Waals surface area contributed by atoms with E-state index in [1.807, 2.05) is 23.7 Å². The van der Waals surface area contributed by atoms with Crippen molar-refractivity contribution in [3.63, 3.8) is 0 Å². The van der Waals surface area contributed by atoms with Crippen molar-refractivity contribution in [3.05, 3.63) is 40.8 Å². The van der Waals surface area contributed by atoms with Crippen LogP contribution in [0.5, 0.6) is 0 Å². The highest BCUT2D eigenvalue weighted by Gasteiger charge is 2.46. The normalized spacial score (nSPS) is 22.6. The topological polar surface area (TPSA) is 102 Å². The summed E-state index contributed by atoms with van der Waals surface area (Å²) in [6.07, 6.45) is 5.98. The molecule has 7 nitrogen and oxygen atoms in total. The molecule has 0 bridgehead atoms. The second-order valence-corrected chi connectivity index (χ2v) is 9.45. The highest BCUT2D eigenvalue weighted by atomic mass is 32.1. The summed E-state index contributed by atoms with van der Waals surface area (Å²) in [5.74, 6) is -2.97. The number of halogens is 2. The van der Waals surface area contributed by atoms with Crippen LogP contribution in [0.25, 0.3) is 16.8 Å². The predicted octanol–water partition coefficient (Wildman–Crippen LogP) is 3.66. The maximum Gasteiger partial charge on any atom is 0.269 e. The minimum absolute atomic E-state index is 0.00891. The van der Waals surface area contributed by atoms with E-state index in [9.17, 15) is 18.4 Å². The van der Waals surface area contributed by atoms with E-state index in [1.165, 1.54) is 11.3 Å². The van der Waals surface area contributed by atoms with Gasteiger partial charge in [0.25, 0.3) is 11.8 Å². The van der Waals surface area contributed by atoms with Gasteiger partial charge >= 0.3 is 0 Å². The highest BCUT2D eigenvalue weighted by molar-refractivity contribution is 7.12. The summed E-state index contributed by atoms with van der Waals surface area (Å²) in [7, 11) is 0. The van der Waals surface area contributed by atoms with Gasteiger partial charge in [-0.2, -0.15) is 0 Å². The molecule has 2 atom stereocenters. The Morgan fingerprint density at radius 2 is 2.00 bits per heavy atom. The van der Waals surface area contributed by atoms with Gasteiger partial charge < -0.3 is 20.8 Å². The second kappa shape index (κ2) is 7.93. The van der Waals surface area contributed by atoms with Crippen molar-refractivity contribution < 1.29 is 18.4 Å². The van der Waals surface area contributed by atoms with Gasteiger partial charge in [-0.1, -0.05) is 0 Å². The Morgan fingerprint density at radius 3 is 2.75 bits per heavy atom. The number of alkyl halides is 2. The number of nitrogens with one attached hydrogen (secondary N) is 2. The van der Waals surface area contributed by atoms with Gasteiger partial charge in [0, 0.05) is 24.6 Å². The standard InChI is InChI=1S/C22H23F2N5O2S/c23-22(24)7-1-2-15(25)19(22)28-21(31)16-8-14(11-32-16)13-5-6-18-26-17(10-29(18)9-13)27-20(30)12-3-4-12/h5-6,8-12,15,19H,1-4,7,25H2,(H,27,30)(H,28,31)/t15-,19-/m1/s1. The molecule has 3 aromatic rings. The molecule has 0 radical (unpaired) electrons. The number of thiophene rings is 1. The number of imidazole rings is 1. The molecule has 2 fully saturated rings. The number of hydrogen-bond acceptors (Lipinski definition) is 5. The maximum atomic E-state index is 14.2. The number of carbonyl (C=O) groups excluding carboxylic acids is 2. The Kier molecular flexibility index (Phi) is 5.21. The van der Waals surface area contributed by atoms with Crippen molar-refractivity contribution in [2.45, 2.75) is 50.1 Å². The summed E-state index contributed by atoms with van der Waals surface area (Å²) in [6, 6.07) is 3.24. The Labute approximate surface area is 187 Å².